The highest BCUT2D eigenvalue weighted by Gasteiger charge is 2.29. The molecule has 0 aliphatic heterocycles. The van der Waals surface area contributed by atoms with Gasteiger partial charge in [-0.25, -0.2) is 8.42 Å². The summed E-state index contributed by atoms with van der Waals surface area (Å²) in [6, 6.07) is -0.978. The number of esters is 1. The smallest absolute Gasteiger partial charge is 0.324 e. The van der Waals surface area contributed by atoms with Gasteiger partial charge in [0.15, 0.2) is 0 Å². The van der Waals surface area contributed by atoms with Gasteiger partial charge in [-0.05, 0) is 41.5 Å². The fourth-order valence-electron chi connectivity index (χ4n) is 1.87. The maximum atomic E-state index is 12.4. The summed E-state index contributed by atoms with van der Waals surface area (Å²) in [5.41, 5.74) is 0.229. The van der Waals surface area contributed by atoms with E-state index in [1.54, 1.807) is 41.7 Å². The van der Waals surface area contributed by atoms with Crippen molar-refractivity contribution < 1.29 is 17.9 Å². The van der Waals surface area contributed by atoms with E-state index < -0.39 is 27.6 Å². The number of hydrogen-bond acceptors (Lipinski definition) is 5. The molecule has 8 heteroatoms. The molecule has 0 aromatic carbocycles. The Labute approximate surface area is 125 Å². The maximum absolute atomic E-state index is 12.4. The van der Waals surface area contributed by atoms with Crippen LogP contribution in [-0.2, 0) is 26.6 Å². The number of ether oxygens (including phenoxy) is 1. The lowest BCUT2D eigenvalue weighted by atomic mass is 10.2. The Balaban J connectivity index is 2.98. The summed E-state index contributed by atoms with van der Waals surface area (Å²) in [7, 11) is -2.17. The molecule has 0 amide bonds. The number of nitrogens with one attached hydrogen (secondary N) is 1. The molecule has 1 aromatic heterocycles. The van der Waals surface area contributed by atoms with Crippen molar-refractivity contribution in [3.63, 3.8) is 0 Å². The molecule has 1 heterocycles. The van der Waals surface area contributed by atoms with Crippen LogP contribution in [0.1, 0.15) is 39.1 Å². The Bertz CT molecular complexity index is 641. The van der Waals surface area contributed by atoms with Crippen molar-refractivity contribution >= 4 is 16.0 Å². The highest BCUT2D eigenvalue weighted by atomic mass is 32.2. The van der Waals surface area contributed by atoms with Crippen LogP contribution in [0.2, 0.25) is 0 Å². The molecule has 0 bridgehead atoms. The number of carbonyl (C=O) groups excluding carboxylic acids is 1. The molecule has 1 atom stereocenters. The Morgan fingerprint density at radius 2 is 1.86 bits per heavy atom. The van der Waals surface area contributed by atoms with E-state index in [9.17, 15) is 13.2 Å². The standard InChI is InChI=1S/C13H23N3O4S/c1-8-11(10(3)16(7)14-8)21(18,19)15-9(2)12(17)20-13(4,5)6/h9,15H,1-7H3/t9-/m1/s1. The second kappa shape index (κ2) is 5.76. The van der Waals surface area contributed by atoms with Crippen LogP contribution in [0.3, 0.4) is 0 Å². The topological polar surface area (TPSA) is 90.3 Å². The highest BCUT2D eigenvalue weighted by Crippen LogP contribution is 2.19. The molecule has 0 aliphatic carbocycles. The minimum Gasteiger partial charge on any atom is -0.459 e. The van der Waals surface area contributed by atoms with E-state index in [4.69, 9.17) is 4.74 Å². The monoisotopic (exact) mass is 317 g/mol. The molecule has 0 fully saturated rings. The van der Waals surface area contributed by atoms with Crippen molar-refractivity contribution in [2.75, 3.05) is 0 Å². The first-order chi connectivity index (χ1) is 9.35. The van der Waals surface area contributed by atoms with Crippen molar-refractivity contribution in [1.82, 2.24) is 14.5 Å². The molecular formula is C13H23N3O4S. The van der Waals surface area contributed by atoms with Crippen LogP contribution in [0.15, 0.2) is 4.90 Å². The Kier molecular flexibility index (Phi) is 4.84. The molecule has 0 unspecified atom stereocenters. The predicted octanol–water partition coefficient (Wildman–Crippen LogP) is 1.05. The van der Waals surface area contributed by atoms with E-state index in [-0.39, 0.29) is 4.90 Å². The van der Waals surface area contributed by atoms with Crippen LogP contribution in [0.25, 0.3) is 0 Å². The molecule has 0 saturated carbocycles. The van der Waals surface area contributed by atoms with Gasteiger partial charge in [-0.15, -0.1) is 0 Å². The number of aromatic nitrogens is 2. The zero-order valence-electron chi connectivity index (χ0n) is 13.5. The highest BCUT2D eigenvalue weighted by molar-refractivity contribution is 7.89. The SMILES string of the molecule is Cc1nn(C)c(C)c1S(=O)(=O)N[C@H](C)C(=O)OC(C)(C)C. The fourth-order valence-corrected chi connectivity index (χ4v) is 3.50. The van der Waals surface area contributed by atoms with Gasteiger partial charge in [0, 0.05) is 7.05 Å². The first-order valence-corrected chi connectivity index (χ1v) is 8.09. The predicted molar refractivity (Wildman–Crippen MR) is 78.3 cm³/mol. The second-order valence-electron chi connectivity index (χ2n) is 6.00. The number of nitrogens with zero attached hydrogens (tertiary/aromatic N) is 2. The van der Waals surface area contributed by atoms with Gasteiger partial charge in [-0.2, -0.15) is 9.82 Å². The maximum Gasteiger partial charge on any atom is 0.324 e. The van der Waals surface area contributed by atoms with Gasteiger partial charge in [0.1, 0.15) is 16.5 Å². The van der Waals surface area contributed by atoms with Crippen LogP contribution < -0.4 is 4.72 Å². The first-order valence-electron chi connectivity index (χ1n) is 6.60. The quantitative estimate of drug-likeness (QED) is 0.838. The lowest BCUT2D eigenvalue weighted by molar-refractivity contribution is -0.156. The summed E-state index contributed by atoms with van der Waals surface area (Å²) in [5.74, 6) is -0.620. The average Bonchev–Trinajstić information content (AvgIpc) is 2.49. The number of aryl methyl sites for hydroxylation is 2. The Morgan fingerprint density at radius 3 is 2.24 bits per heavy atom. The second-order valence-corrected chi connectivity index (χ2v) is 7.65. The van der Waals surface area contributed by atoms with Crippen LogP contribution in [0.5, 0.6) is 0 Å². The summed E-state index contributed by atoms with van der Waals surface area (Å²) in [6.07, 6.45) is 0. The molecular weight excluding hydrogens is 294 g/mol. The normalized spacial score (nSPS) is 14.0. The Hall–Kier alpha value is -1.41. The summed E-state index contributed by atoms with van der Waals surface area (Å²) in [5, 5.41) is 4.07. The number of hydrogen-bond donors (Lipinski definition) is 1. The van der Waals surface area contributed by atoms with Crippen molar-refractivity contribution in [1.29, 1.82) is 0 Å². The van der Waals surface area contributed by atoms with Crippen LogP contribution >= 0.6 is 0 Å². The van der Waals surface area contributed by atoms with Gasteiger partial charge in [0.2, 0.25) is 10.0 Å². The number of sulfonamides is 1. The third kappa shape index (κ3) is 4.28. The summed E-state index contributed by atoms with van der Waals surface area (Å²) < 4.78 is 33.8. The van der Waals surface area contributed by atoms with Gasteiger partial charge < -0.3 is 4.74 Å². The molecule has 1 N–H and O–H groups in total. The zero-order valence-corrected chi connectivity index (χ0v) is 14.3. The van der Waals surface area contributed by atoms with Crippen molar-refractivity contribution in [2.45, 2.75) is 58.1 Å². The van der Waals surface area contributed by atoms with E-state index in [1.165, 1.54) is 11.6 Å². The average molecular weight is 317 g/mol. The summed E-state index contributed by atoms with van der Waals surface area (Å²) in [6.45, 7) is 9.89. The van der Waals surface area contributed by atoms with Crippen LogP contribution in [-0.4, -0.2) is 35.8 Å². The van der Waals surface area contributed by atoms with Crippen molar-refractivity contribution in [2.24, 2.45) is 7.05 Å². The van der Waals surface area contributed by atoms with Crippen molar-refractivity contribution in [3.8, 4) is 0 Å². The zero-order chi connectivity index (χ0) is 16.6. The van der Waals surface area contributed by atoms with Crippen LogP contribution in [0.4, 0.5) is 0 Å². The van der Waals surface area contributed by atoms with Gasteiger partial charge >= 0.3 is 5.97 Å². The molecule has 21 heavy (non-hydrogen) atoms. The van der Waals surface area contributed by atoms with Crippen LogP contribution in [0, 0.1) is 13.8 Å². The molecule has 0 spiro atoms. The number of rotatable bonds is 4. The molecule has 0 saturated heterocycles. The van der Waals surface area contributed by atoms with Gasteiger partial charge in [-0.1, -0.05) is 0 Å². The largest absolute Gasteiger partial charge is 0.459 e. The molecule has 1 aromatic rings. The summed E-state index contributed by atoms with van der Waals surface area (Å²) >= 11 is 0. The molecule has 120 valence electrons. The van der Waals surface area contributed by atoms with Crippen molar-refractivity contribution in [3.05, 3.63) is 11.4 Å². The molecule has 1 rings (SSSR count). The number of carbonyl (C=O) groups is 1. The van der Waals surface area contributed by atoms with Gasteiger partial charge in [0.25, 0.3) is 0 Å². The Morgan fingerprint density at radius 1 is 1.33 bits per heavy atom. The first kappa shape index (κ1) is 17.6. The molecule has 0 radical (unpaired) electrons. The molecule has 0 aliphatic rings. The summed E-state index contributed by atoms with van der Waals surface area (Å²) in [4.78, 5) is 12.0. The third-order valence-corrected chi connectivity index (χ3v) is 4.60. The third-order valence-electron chi connectivity index (χ3n) is 2.80. The fraction of sp³-hybridized carbons (Fsp3) is 0.692. The van der Waals surface area contributed by atoms with E-state index in [0.717, 1.165) is 0 Å². The van der Waals surface area contributed by atoms with E-state index in [0.29, 0.717) is 11.4 Å². The lowest BCUT2D eigenvalue weighted by Gasteiger charge is -2.22. The molecule has 7 nitrogen and oxygen atoms in total. The van der Waals surface area contributed by atoms with E-state index in [1.807, 2.05) is 0 Å². The minimum atomic E-state index is -3.83. The van der Waals surface area contributed by atoms with E-state index in [2.05, 4.69) is 9.82 Å². The minimum absolute atomic E-state index is 0.0976. The van der Waals surface area contributed by atoms with Gasteiger partial charge in [-0.3, -0.25) is 9.48 Å². The lowest BCUT2D eigenvalue weighted by Crippen LogP contribution is -2.42. The van der Waals surface area contributed by atoms with E-state index >= 15 is 0 Å². The van der Waals surface area contributed by atoms with Gasteiger partial charge in [0.05, 0.1) is 11.4 Å².